The van der Waals surface area contributed by atoms with Crippen LogP contribution in [-0.4, -0.2) is 145 Å². The Morgan fingerprint density at radius 1 is 0.507 bits per heavy atom. The molecule has 0 saturated carbocycles. The summed E-state index contributed by atoms with van der Waals surface area (Å²) in [6, 6.07) is 7.61. The molecule has 9 amide bonds. The van der Waals surface area contributed by atoms with Gasteiger partial charge in [-0.2, -0.15) is 0 Å². The first-order chi connectivity index (χ1) is 32.7. The van der Waals surface area contributed by atoms with Gasteiger partial charge >= 0.3 is 0 Å². The summed E-state index contributed by atoms with van der Waals surface area (Å²) in [6.07, 6.45) is 0.852. The van der Waals surface area contributed by atoms with Crippen LogP contribution in [0.3, 0.4) is 0 Å². The van der Waals surface area contributed by atoms with E-state index in [1.165, 1.54) is 0 Å². The Morgan fingerprint density at radius 2 is 0.870 bits per heavy atom. The number of H-pyrrole nitrogens is 1. The fraction of sp³-hybridized carbons (Fsp3) is 0.511. The van der Waals surface area contributed by atoms with Crippen molar-refractivity contribution in [1.29, 1.82) is 0 Å². The van der Waals surface area contributed by atoms with Crippen LogP contribution in [0.5, 0.6) is 0 Å². The Hall–Kier alpha value is -6.91. The lowest BCUT2D eigenvalue weighted by molar-refractivity contribution is -0.163. The lowest BCUT2D eigenvalue weighted by Gasteiger charge is -2.30. The van der Waals surface area contributed by atoms with E-state index in [9.17, 15) is 58.8 Å². The van der Waals surface area contributed by atoms with Crippen LogP contribution in [-0.2, 0) is 56.0 Å². The van der Waals surface area contributed by atoms with Crippen molar-refractivity contribution >= 4 is 64.1 Å². The zero-order valence-corrected chi connectivity index (χ0v) is 39.7. The number of carbonyl (C=O) groups excluding carboxylic acids is 9. The van der Waals surface area contributed by atoms with E-state index in [4.69, 9.17) is 0 Å². The zero-order valence-electron chi connectivity index (χ0n) is 39.7. The third kappa shape index (κ3) is 17.3. The third-order valence-electron chi connectivity index (χ3n) is 11.6. The molecule has 6 atom stereocenters. The van der Waals surface area contributed by atoms with Gasteiger partial charge in [-0.15, -0.1) is 0 Å². The fourth-order valence-electron chi connectivity index (χ4n) is 7.74. The van der Waals surface area contributed by atoms with E-state index in [-0.39, 0.29) is 83.3 Å². The maximum Gasteiger partial charge on any atom is 0.243 e. The maximum atomic E-state index is 14.6. The van der Waals surface area contributed by atoms with Gasteiger partial charge in [-0.1, -0.05) is 62.4 Å². The first-order valence-electron chi connectivity index (χ1n) is 23.1. The van der Waals surface area contributed by atoms with Crippen molar-refractivity contribution in [2.45, 2.75) is 129 Å². The molecule has 3 aromatic rings. The minimum atomic E-state index is -1.49. The van der Waals surface area contributed by atoms with Crippen molar-refractivity contribution in [1.82, 2.24) is 52.1 Å². The summed E-state index contributed by atoms with van der Waals surface area (Å²) in [6.45, 7) is 6.26. The number of fused-ring (bicyclic) bond motifs is 1. The van der Waals surface area contributed by atoms with Crippen molar-refractivity contribution in [3.05, 3.63) is 71.9 Å². The summed E-state index contributed by atoms with van der Waals surface area (Å²) >= 11 is 0. The van der Waals surface area contributed by atoms with E-state index in [1.54, 1.807) is 42.6 Å². The molecule has 2 heterocycles. The molecule has 0 unspecified atom stereocenters. The summed E-state index contributed by atoms with van der Waals surface area (Å²) < 4.78 is 0. The van der Waals surface area contributed by atoms with Crippen LogP contribution in [0.15, 0.2) is 60.8 Å². The Morgan fingerprint density at radius 3 is 1.30 bits per heavy atom. The number of aromatic nitrogens is 1. The molecular formula is C47H66N10O12. The van der Waals surface area contributed by atoms with Gasteiger partial charge < -0.3 is 36.9 Å². The van der Waals surface area contributed by atoms with Gasteiger partial charge in [0.25, 0.3) is 0 Å². The number of nitrogens with one attached hydrogen (secondary N) is 7. The Balaban J connectivity index is 1.84. The zero-order chi connectivity index (χ0) is 50.8. The molecule has 1 aromatic heterocycles. The van der Waals surface area contributed by atoms with Crippen molar-refractivity contribution in [3.8, 4) is 0 Å². The molecule has 10 N–H and O–H groups in total. The van der Waals surface area contributed by atoms with Gasteiger partial charge in [0.2, 0.25) is 53.2 Å². The molecule has 1 saturated heterocycles. The predicted octanol–water partition coefficient (Wildman–Crippen LogP) is 0.975. The topological polar surface area (TPSA) is 312 Å². The lowest BCUT2D eigenvalue weighted by Crippen LogP contribution is -2.62. The summed E-state index contributed by atoms with van der Waals surface area (Å²) in [5.74, 6) is -7.25. The molecule has 22 nitrogen and oxygen atoms in total. The molecule has 0 radical (unpaired) electrons. The average Bonchev–Trinajstić information content (AvgIpc) is 3.71. The van der Waals surface area contributed by atoms with Gasteiger partial charge in [-0.05, 0) is 68.1 Å². The molecule has 0 aliphatic carbocycles. The Kier molecular flexibility index (Phi) is 21.1. The Bertz CT molecular complexity index is 2270. The molecule has 1 aliphatic rings. The molecule has 376 valence electrons. The largest absolute Gasteiger partial charge is 0.361 e. The van der Waals surface area contributed by atoms with Gasteiger partial charge in [-0.3, -0.25) is 58.8 Å². The van der Waals surface area contributed by atoms with E-state index >= 15 is 0 Å². The molecular weight excluding hydrogens is 897 g/mol. The van der Waals surface area contributed by atoms with Gasteiger partial charge in [0.1, 0.15) is 36.3 Å². The van der Waals surface area contributed by atoms with Crippen LogP contribution in [0.1, 0.15) is 90.7 Å². The number of aromatic amines is 1. The Labute approximate surface area is 400 Å². The monoisotopic (exact) mass is 962 g/mol. The van der Waals surface area contributed by atoms with Crippen LogP contribution in [0.25, 0.3) is 10.9 Å². The lowest BCUT2D eigenvalue weighted by atomic mass is 9.99. The maximum absolute atomic E-state index is 14.6. The van der Waals surface area contributed by atoms with E-state index in [2.05, 4.69) is 36.9 Å². The number of benzene rings is 2. The summed E-state index contributed by atoms with van der Waals surface area (Å²) in [7, 11) is 0. The normalized spacial score (nSPS) is 20.9. The van der Waals surface area contributed by atoms with Crippen LogP contribution >= 0.6 is 0 Å². The predicted molar refractivity (Wildman–Crippen MR) is 248 cm³/mol. The quantitative estimate of drug-likeness (QED) is 0.0631. The molecule has 69 heavy (non-hydrogen) atoms. The minimum absolute atomic E-state index is 0.0360. The van der Waals surface area contributed by atoms with Crippen LogP contribution < -0.4 is 31.9 Å². The van der Waals surface area contributed by atoms with Crippen LogP contribution in [0, 0.1) is 5.92 Å². The SMILES string of the molecule is CC(=O)N(O)CCC[C@@H]1NC(=O)[C@H](CCCN(O)C(C)=O)NC(=O)[C@H](Cc2ccccc2)NC(=O)[C@H](CC(C)C)NC(=O)[C@H](Cc2c[nH]c3ccccc23)NC(=O)[C@H](CCCN(O)C(C)=O)NC1=O. The minimum Gasteiger partial charge on any atom is -0.361 e. The standard InChI is InChI=1S/C47H66N10O12/c1-28(2)24-39-45(64)53-40(25-32-14-7-6-8-15-32)46(65)51-37(19-12-22-56(68)30(4)59)43(62)49-36(18-11-21-55(67)29(3)58)42(61)50-38(20-13-23-57(69)31(5)60)44(63)54-41(47(66)52-39)26-33-27-48-35-17-10-9-16-34(33)35/h6-10,14-17,27-28,36-41,48,67-69H,11-13,18-26H2,1-5H3,(H,49,62)(H,50,61)(H,51,65)(H,52,66)(H,53,64)(H,54,63)/t36-,37-,38-,39-,40-,41-/m0/s1. The molecule has 4 rings (SSSR count). The summed E-state index contributed by atoms with van der Waals surface area (Å²) in [4.78, 5) is 125. The molecule has 1 aliphatic heterocycles. The second-order valence-corrected chi connectivity index (χ2v) is 17.6. The highest BCUT2D eigenvalue weighted by atomic mass is 16.5. The van der Waals surface area contributed by atoms with E-state index in [1.807, 2.05) is 32.0 Å². The first kappa shape index (κ1) is 54.7. The number of amides is 9. The molecule has 1 fully saturated rings. The molecule has 2 aromatic carbocycles. The van der Waals surface area contributed by atoms with E-state index in [0.717, 1.165) is 31.7 Å². The van der Waals surface area contributed by atoms with Gasteiger partial charge in [0.05, 0.1) is 0 Å². The number of hydroxylamine groups is 6. The van der Waals surface area contributed by atoms with Gasteiger partial charge in [-0.25, -0.2) is 15.2 Å². The number of hydrogen-bond donors (Lipinski definition) is 10. The molecule has 22 heteroatoms. The van der Waals surface area contributed by atoms with Crippen LogP contribution in [0.4, 0.5) is 0 Å². The first-order valence-corrected chi connectivity index (χ1v) is 23.1. The van der Waals surface area contributed by atoms with Crippen molar-refractivity contribution in [2.75, 3.05) is 19.6 Å². The van der Waals surface area contributed by atoms with Crippen molar-refractivity contribution in [2.24, 2.45) is 5.92 Å². The number of para-hydroxylation sites is 1. The highest BCUT2D eigenvalue weighted by molar-refractivity contribution is 5.98. The van der Waals surface area contributed by atoms with E-state index in [0.29, 0.717) is 26.3 Å². The van der Waals surface area contributed by atoms with Gasteiger partial charge in [0.15, 0.2) is 0 Å². The number of hydrogen-bond acceptors (Lipinski definition) is 12. The molecule has 0 spiro atoms. The van der Waals surface area contributed by atoms with Crippen molar-refractivity contribution < 1.29 is 58.8 Å². The second kappa shape index (κ2) is 26.6. The van der Waals surface area contributed by atoms with Gasteiger partial charge in [0, 0.05) is 70.3 Å². The summed E-state index contributed by atoms with van der Waals surface area (Å²) in [5, 5.41) is 48.7. The highest BCUT2D eigenvalue weighted by Gasteiger charge is 2.36. The van der Waals surface area contributed by atoms with Crippen molar-refractivity contribution in [3.63, 3.8) is 0 Å². The third-order valence-corrected chi connectivity index (χ3v) is 11.6. The second-order valence-electron chi connectivity index (χ2n) is 17.6. The molecule has 0 bridgehead atoms. The number of carbonyl (C=O) groups is 9. The highest BCUT2D eigenvalue weighted by Crippen LogP contribution is 2.20. The smallest absolute Gasteiger partial charge is 0.243 e. The summed E-state index contributed by atoms with van der Waals surface area (Å²) in [5.41, 5.74) is 2.01. The van der Waals surface area contributed by atoms with E-state index < -0.39 is 89.4 Å². The number of rotatable bonds is 18. The van der Waals surface area contributed by atoms with Crippen LogP contribution in [0.2, 0.25) is 0 Å². The number of nitrogens with zero attached hydrogens (tertiary/aromatic N) is 3. The fourth-order valence-corrected chi connectivity index (χ4v) is 7.74. The average molecular weight is 963 g/mol.